The molecule has 0 unspecified atom stereocenters. The van der Waals surface area contributed by atoms with Gasteiger partial charge in [0.1, 0.15) is 23.2 Å². The zero-order chi connectivity index (χ0) is 26.8. The first-order valence-electron chi connectivity index (χ1n) is 11.3. The number of nitrogens with two attached hydrogens (primary N) is 1. The Morgan fingerprint density at radius 3 is 2.50 bits per heavy atom. The standard InChI is InChI=1S/C25H30FN3O6S/c1-5-24(30)29-9-8-28(13-17(29)4)14-22(18-7-6-15(2)20(26)11-18)35-21-10-16(3)23(36(27,33)34)12-19(21)25(31)32/h5-7,10-12,17,22H,1,8-9,13-14H2,2-4H3,(H,31,32)(H2,27,33,34)/t17-,22-/m1/s1. The molecule has 1 heterocycles. The molecule has 3 N–H and O–H groups in total. The third kappa shape index (κ3) is 6.10. The first kappa shape index (κ1) is 27.3. The van der Waals surface area contributed by atoms with Crippen LogP contribution in [0.4, 0.5) is 4.39 Å². The normalized spacial score (nSPS) is 17.5. The zero-order valence-electron chi connectivity index (χ0n) is 20.4. The smallest absolute Gasteiger partial charge is 0.339 e. The first-order valence-corrected chi connectivity index (χ1v) is 12.8. The van der Waals surface area contributed by atoms with Crippen LogP contribution in [0.2, 0.25) is 0 Å². The average molecular weight is 520 g/mol. The number of hydrogen-bond acceptors (Lipinski definition) is 6. The van der Waals surface area contributed by atoms with Crippen LogP contribution in [0.25, 0.3) is 0 Å². The van der Waals surface area contributed by atoms with E-state index < -0.39 is 27.9 Å². The summed E-state index contributed by atoms with van der Waals surface area (Å²) in [4.78, 5) is 27.5. The number of rotatable bonds is 8. The summed E-state index contributed by atoms with van der Waals surface area (Å²) in [5.41, 5.74) is 0.774. The van der Waals surface area contributed by atoms with Crippen LogP contribution in [0, 0.1) is 19.7 Å². The quantitative estimate of drug-likeness (QED) is 0.513. The Morgan fingerprint density at radius 2 is 1.94 bits per heavy atom. The lowest BCUT2D eigenvalue weighted by Crippen LogP contribution is -2.54. The number of carbonyl (C=O) groups is 2. The van der Waals surface area contributed by atoms with E-state index in [1.54, 1.807) is 24.0 Å². The fourth-order valence-electron chi connectivity index (χ4n) is 4.28. The Morgan fingerprint density at radius 1 is 1.25 bits per heavy atom. The molecule has 2 atom stereocenters. The summed E-state index contributed by atoms with van der Waals surface area (Å²) in [6, 6.07) is 6.83. The number of aryl methyl sites for hydroxylation is 2. The maximum atomic E-state index is 14.5. The maximum absolute atomic E-state index is 14.5. The molecule has 0 aliphatic carbocycles. The molecular formula is C25H30FN3O6S. The molecule has 0 radical (unpaired) electrons. The van der Waals surface area contributed by atoms with Crippen LogP contribution in [0.1, 0.15) is 40.1 Å². The molecule has 2 aromatic carbocycles. The van der Waals surface area contributed by atoms with E-state index in [9.17, 15) is 27.5 Å². The molecule has 0 bridgehead atoms. The van der Waals surface area contributed by atoms with Crippen LogP contribution in [0.5, 0.6) is 5.75 Å². The fraction of sp³-hybridized carbons (Fsp3) is 0.360. The van der Waals surface area contributed by atoms with E-state index in [2.05, 4.69) is 6.58 Å². The molecule has 2 aromatic rings. The van der Waals surface area contributed by atoms with Crippen molar-refractivity contribution in [3.05, 3.63) is 71.1 Å². The van der Waals surface area contributed by atoms with Crippen molar-refractivity contribution in [3.8, 4) is 5.75 Å². The number of hydrogen-bond donors (Lipinski definition) is 2. The first-order chi connectivity index (χ1) is 16.8. The highest BCUT2D eigenvalue weighted by molar-refractivity contribution is 7.89. The SMILES string of the molecule is C=CC(=O)N1CCN(C[C@@H](Oc2cc(C)c(S(N)(=O)=O)cc2C(=O)O)c2ccc(C)c(F)c2)C[C@H]1C. The molecule has 3 rings (SSSR count). The molecule has 1 amide bonds. The lowest BCUT2D eigenvalue weighted by atomic mass is 10.0. The van der Waals surface area contributed by atoms with Crippen molar-refractivity contribution in [3.63, 3.8) is 0 Å². The molecular weight excluding hydrogens is 489 g/mol. The molecule has 1 saturated heterocycles. The zero-order valence-corrected chi connectivity index (χ0v) is 21.2. The number of piperazine rings is 1. The number of carboxylic acid groups (broad SMARTS) is 1. The highest BCUT2D eigenvalue weighted by Gasteiger charge is 2.30. The van der Waals surface area contributed by atoms with Gasteiger partial charge in [0.25, 0.3) is 0 Å². The Labute approximate surface area is 210 Å². The van der Waals surface area contributed by atoms with E-state index in [1.165, 1.54) is 25.1 Å². The summed E-state index contributed by atoms with van der Waals surface area (Å²) in [6.07, 6.45) is 0.487. The van der Waals surface area contributed by atoms with Crippen LogP contribution in [-0.2, 0) is 14.8 Å². The third-order valence-electron chi connectivity index (χ3n) is 6.24. The lowest BCUT2D eigenvalue weighted by Gasteiger charge is -2.40. The Balaban J connectivity index is 1.98. The molecule has 0 spiro atoms. The van der Waals surface area contributed by atoms with Gasteiger partial charge < -0.3 is 14.7 Å². The topological polar surface area (TPSA) is 130 Å². The van der Waals surface area contributed by atoms with Gasteiger partial charge in [-0.1, -0.05) is 18.7 Å². The minimum absolute atomic E-state index is 0.0631. The Bertz CT molecular complexity index is 1300. The van der Waals surface area contributed by atoms with Gasteiger partial charge in [-0.25, -0.2) is 22.7 Å². The summed E-state index contributed by atoms with van der Waals surface area (Å²) < 4.78 is 44.4. The fourth-order valence-corrected chi connectivity index (χ4v) is 5.07. The molecule has 36 heavy (non-hydrogen) atoms. The summed E-state index contributed by atoms with van der Waals surface area (Å²) >= 11 is 0. The molecule has 0 aromatic heterocycles. The van der Waals surface area contributed by atoms with Crippen molar-refractivity contribution in [2.75, 3.05) is 26.2 Å². The molecule has 194 valence electrons. The number of aromatic carboxylic acids is 1. The number of carbonyl (C=O) groups excluding carboxylic acids is 1. The molecule has 11 heteroatoms. The molecule has 1 aliphatic heterocycles. The number of nitrogens with zero attached hydrogens (tertiary/aromatic N) is 2. The van der Waals surface area contributed by atoms with E-state index in [-0.39, 0.29) is 40.3 Å². The summed E-state index contributed by atoms with van der Waals surface area (Å²) in [5.74, 6) is -2.05. The van der Waals surface area contributed by atoms with E-state index >= 15 is 0 Å². The number of benzene rings is 2. The maximum Gasteiger partial charge on any atom is 0.339 e. The monoisotopic (exact) mass is 519 g/mol. The van der Waals surface area contributed by atoms with Gasteiger partial charge >= 0.3 is 5.97 Å². The number of sulfonamides is 1. The van der Waals surface area contributed by atoms with Crippen LogP contribution < -0.4 is 9.88 Å². The van der Waals surface area contributed by atoms with E-state index in [1.807, 2.05) is 11.8 Å². The van der Waals surface area contributed by atoms with Crippen molar-refractivity contribution < 1.29 is 32.2 Å². The Hall–Kier alpha value is -3.28. The van der Waals surface area contributed by atoms with Crippen molar-refractivity contribution >= 4 is 21.9 Å². The van der Waals surface area contributed by atoms with Gasteiger partial charge in [0.05, 0.1) is 4.90 Å². The number of ether oxygens (including phenoxy) is 1. The largest absolute Gasteiger partial charge is 0.483 e. The number of amides is 1. The summed E-state index contributed by atoms with van der Waals surface area (Å²) in [6.45, 7) is 10.3. The number of primary sulfonamides is 1. The minimum atomic E-state index is -4.16. The third-order valence-corrected chi connectivity index (χ3v) is 7.30. The lowest BCUT2D eigenvalue weighted by molar-refractivity contribution is -0.130. The van der Waals surface area contributed by atoms with Gasteiger partial charge in [-0.3, -0.25) is 9.69 Å². The summed E-state index contributed by atoms with van der Waals surface area (Å²) in [7, 11) is -4.16. The number of halogens is 1. The second-order valence-corrected chi connectivity index (χ2v) is 10.5. The van der Waals surface area contributed by atoms with Crippen molar-refractivity contribution in [2.45, 2.75) is 37.8 Å². The van der Waals surface area contributed by atoms with Crippen LogP contribution in [-0.4, -0.2) is 67.4 Å². The molecule has 1 fully saturated rings. The van der Waals surface area contributed by atoms with Gasteiger partial charge in [0.2, 0.25) is 15.9 Å². The molecule has 0 saturated carbocycles. The van der Waals surface area contributed by atoms with Crippen LogP contribution in [0.3, 0.4) is 0 Å². The summed E-state index contributed by atoms with van der Waals surface area (Å²) in [5, 5.41) is 15.0. The minimum Gasteiger partial charge on any atom is -0.483 e. The Kier molecular flexibility index (Phi) is 8.17. The average Bonchev–Trinajstić information content (AvgIpc) is 2.79. The van der Waals surface area contributed by atoms with Crippen molar-refractivity contribution in [1.29, 1.82) is 0 Å². The van der Waals surface area contributed by atoms with Gasteiger partial charge in [-0.05, 0) is 61.7 Å². The van der Waals surface area contributed by atoms with Gasteiger partial charge in [0, 0.05) is 32.2 Å². The highest BCUT2D eigenvalue weighted by atomic mass is 32.2. The van der Waals surface area contributed by atoms with E-state index in [0.29, 0.717) is 30.8 Å². The molecule has 1 aliphatic rings. The second-order valence-electron chi connectivity index (χ2n) is 8.92. The van der Waals surface area contributed by atoms with Gasteiger partial charge in [0.15, 0.2) is 0 Å². The predicted molar refractivity (Wildman–Crippen MR) is 132 cm³/mol. The van der Waals surface area contributed by atoms with Crippen molar-refractivity contribution in [2.24, 2.45) is 5.14 Å². The number of carboxylic acids is 1. The van der Waals surface area contributed by atoms with Crippen molar-refractivity contribution in [1.82, 2.24) is 9.80 Å². The predicted octanol–water partition coefficient (Wildman–Crippen LogP) is 2.63. The van der Waals surface area contributed by atoms with Gasteiger partial charge in [-0.2, -0.15) is 0 Å². The second kappa shape index (κ2) is 10.8. The van der Waals surface area contributed by atoms with E-state index in [4.69, 9.17) is 9.88 Å². The van der Waals surface area contributed by atoms with E-state index in [0.717, 1.165) is 6.07 Å². The molecule has 9 nitrogen and oxygen atoms in total. The van der Waals surface area contributed by atoms with Crippen LogP contribution in [0.15, 0.2) is 47.9 Å². The van der Waals surface area contributed by atoms with Crippen LogP contribution >= 0.6 is 0 Å². The highest BCUT2D eigenvalue weighted by Crippen LogP contribution is 2.31. The van der Waals surface area contributed by atoms with Gasteiger partial charge in [-0.15, -0.1) is 0 Å².